The van der Waals surface area contributed by atoms with Crippen molar-refractivity contribution in [1.82, 2.24) is 4.98 Å². The van der Waals surface area contributed by atoms with Gasteiger partial charge in [-0.1, -0.05) is 51.1 Å². The summed E-state index contributed by atoms with van der Waals surface area (Å²) in [5, 5.41) is 0. The number of fused-ring (bicyclic) bond motifs is 1. The van der Waals surface area contributed by atoms with Gasteiger partial charge in [-0.05, 0) is 35.6 Å². The third kappa shape index (κ3) is 2.46. The number of hydrogen-bond acceptors (Lipinski definition) is 2. The van der Waals surface area contributed by atoms with E-state index in [1.807, 2.05) is 24.3 Å². The van der Waals surface area contributed by atoms with E-state index in [2.05, 4.69) is 50.1 Å². The molecule has 0 aliphatic heterocycles. The molecule has 2 nitrogen and oxygen atoms in total. The van der Waals surface area contributed by atoms with E-state index in [1.54, 1.807) is 0 Å². The van der Waals surface area contributed by atoms with Gasteiger partial charge in [-0.15, -0.1) is 0 Å². The van der Waals surface area contributed by atoms with Gasteiger partial charge >= 0.3 is 0 Å². The minimum atomic E-state index is 0.382. The molecule has 1 aliphatic rings. The normalized spacial score (nSPS) is 19.1. The number of rotatable bonds is 2. The molecule has 0 spiro atoms. The molecule has 2 heteroatoms. The van der Waals surface area contributed by atoms with Gasteiger partial charge in [0.1, 0.15) is 5.52 Å². The van der Waals surface area contributed by atoms with Crippen molar-refractivity contribution in [3.8, 4) is 0 Å². The molecule has 0 saturated heterocycles. The summed E-state index contributed by atoms with van der Waals surface area (Å²) in [6, 6.07) is 7.88. The third-order valence-electron chi connectivity index (χ3n) is 3.56. The van der Waals surface area contributed by atoms with Crippen molar-refractivity contribution in [3.63, 3.8) is 0 Å². The van der Waals surface area contributed by atoms with Crippen LogP contribution in [-0.4, -0.2) is 4.98 Å². The topological polar surface area (TPSA) is 26.0 Å². The van der Waals surface area contributed by atoms with Gasteiger partial charge < -0.3 is 4.42 Å². The van der Waals surface area contributed by atoms with Crippen molar-refractivity contribution in [2.75, 3.05) is 0 Å². The highest BCUT2D eigenvalue weighted by Gasteiger charge is 2.13. The second-order valence-electron chi connectivity index (χ2n) is 5.62. The van der Waals surface area contributed by atoms with E-state index in [0.717, 1.165) is 16.7 Å². The predicted octanol–water partition coefficient (Wildman–Crippen LogP) is 5.00. The van der Waals surface area contributed by atoms with Crippen LogP contribution in [-0.2, 0) is 0 Å². The molecule has 1 aromatic heterocycles. The molecule has 3 rings (SSSR count). The van der Waals surface area contributed by atoms with E-state index in [0.29, 0.717) is 17.7 Å². The van der Waals surface area contributed by atoms with E-state index in [1.165, 1.54) is 5.57 Å². The lowest BCUT2D eigenvalue weighted by Crippen LogP contribution is -1.92. The largest absolute Gasteiger partial charge is 0.436 e. The van der Waals surface area contributed by atoms with E-state index in [4.69, 9.17) is 4.42 Å². The molecule has 0 fully saturated rings. The Labute approximate surface area is 119 Å². The quantitative estimate of drug-likeness (QED) is 0.763. The molecule has 0 amide bonds. The Bertz CT molecular complexity index is 683. The Kier molecular flexibility index (Phi) is 3.31. The van der Waals surface area contributed by atoms with E-state index < -0.39 is 0 Å². The monoisotopic (exact) mass is 265 g/mol. The summed E-state index contributed by atoms with van der Waals surface area (Å²) in [6.45, 7) is 6.62. The fourth-order valence-electron chi connectivity index (χ4n) is 2.46. The first-order chi connectivity index (χ1) is 9.63. The summed E-state index contributed by atoms with van der Waals surface area (Å²) < 4.78 is 5.85. The Morgan fingerprint density at radius 3 is 2.65 bits per heavy atom. The number of para-hydroxylation sites is 2. The number of benzene rings is 1. The molecule has 1 heterocycles. The lowest BCUT2D eigenvalue weighted by Gasteiger charge is -2.06. The smallest absolute Gasteiger partial charge is 0.227 e. The molecule has 0 radical (unpaired) electrons. The van der Waals surface area contributed by atoms with Crippen LogP contribution in [0.1, 0.15) is 26.7 Å². The van der Waals surface area contributed by atoms with Crippen molar-refractivity contribution >= 4 is 16.7 Å². The molecule has 0 bridgehead atoms. The molecule has 1 atom stereocenters. The SMILES string of the molecule is CC1C=C(c2nc3ccccc3o2)C=CC(C(C)C)=C1. The van der Waals surface area contributed by atoms with E-state index in [-0.39, 0.29) is 0 Å². The van der Waals surface area contributed by atoms with Gasteiger partial charge in [0.2, 0.25) is 5.89 Å². The Morgan fingerprint density at radius 1 is 1.10 bits per heavy atom. The average molecular weight is 265 g/mol. The predicted molar refractivity (Wildman–Crippen MR) is 83.2 cm³/mol. The van der Waals surface area contributed by atoms with Gasteiger partial charge in [-0.25, -0.2) is 4.98 Å². The van der Waals surface area contributed by atoms with Crippen LogP contribution in [0.15, 0.2) is 58.6 Å². The zero-order valence-corrected chi connectivity index (χ0v) is 12.1. The van der Waals surface area contributed by atoms with Gasteiger partial charge in [-0.2, -0.15) is 0 Å². The highest BCUT2D eigenvalue weighted by molar-refractivity contribution is 5.78. The van der Waals surface area contributed by atoms with Crippen molar-refractivity contribution in [2.45, 2.75) is 20.8 Å². The summed E-state index contributed by atoms with van der Waals surface area (Å²) in [5.74, 6) is 1.62. The van der Waals surface area contributed by atoms with Crippen LogP contribution in [0, 0.1) is 11.8 Å². The summed E-state index contributed by atoms with van der Waals surface area (Å²) in [4.78, 5) is 4.57. The standard InChI is InChI=1S/C18H19NO/c1-12(2)14-8-9-15(11-13(3)10-14)18-19-16-6-4-5-7-17(16)20-18/h4-13H,1-3H3. The van der Waals surface area contributed by atoms with Crippen molar-refractivity contribution in [1.29, 1.82) is 0 Å². The van der Waals surface area contributed by atoms with Crippen molar-refractivity contribution in [3.05, 3.63) is 60.0 Å². The molecular weight excluding hydrogens is 246 g/mol. The fourth-order valence-corrected chi connectivity index (χ4v) is 2.46. The van der Waals surface area contributed by atoms with Crippen LogP contribution >= 0.6 is 0 Å². The Hall–Kier alpha value is -2.09. The first-order valence-corrected chi connectivity index (χ1v) is 7.11. The minimum absolute atomic E-state index is 0.382. The Morgan fingerprint density at radius 2 is 1.90 bits per heavy atom. The van der Waals surface area contributed by atoms with E-state index in [9.17, 15) is 0 Å². The van der Waals surface area contributed by atoms with Crippen LogP contribution in [0.25, 0.3) is 16.7 Å². The highest BCUT2D eigenvalue weighted by atomic mass is 16.3. The molecule has 102 valence electrons. The second kappa shape index (κ2) is 5.12. The zero-order valence-electron chi connectivity index (χ0n) is 12.1. The van der Waals surface area contributed by atoms with Crippen molar-refractivity contribution in [2.24, 2.45) is 11.8 Å². The number of hydrogen-bond donors (Lipinski definition) is 0. The van der Waals surface area contributed by atoms with E-state index >= 15 is 0 Å². The molecule has 0 saturated carbocycles. The summed E-state index contributed by atoms with van der Waals surface area (Å²) >= 11 is 0. The number of aromatic nitrogens is 1. The summed E-state index contributed by atoms with van der Waals surface area (Å²) in [7, 11) is 0. The highest BCUT2D eigenvalue weighted by Crippen LogP contribution is 2.27. The van der Waals surface area contributed by atoms with Crippen LogP contribution in [0.3, 0.4) is 0 Å². The lowest BCUT2D eigenvalue weighted by atomic mass is 9.99. The number of oxazole rings is 1. The second-order valence-corrected chi connectivity index (χ2v) is 5.62. The van der Waals surface area contributed by atoms with Gasteiger partial charge in [0.15, 0.2) is 5.58 Å². The van der Waals surface area contributed by atoms with Gasteiger partial charge in [0.05, 0.1) is 0 Å². The maximum absolute atomic E-state index is 5.85. The molecule has 1 aromatic carbocycles. The molecule has 1 unspecified atom stereocenters. The maximum Gasteiger partial charge on any atom is 0.227 e. The molecule has 1 aliphatic carbocycles. The van der Waals surface area contributed by atoms with Gasteiger partial charge in [-0.3, -0.25) is 0 Å². The molecule has 0 N–H and O–H groups in total. The zero-order chi connectivity index (χ0) is 14.1. The molecule has 20 heavy (non-hydrogen) atoms. The van der Waals surface area contributed by atoms with Crippen LogP contribution < -0.4 is 0 Å². The third-order valence-corrected chi connectivity index (χ3v) is 3.56. The van der Waals surface area contributed by atoms with Gasteiger partial charge in [0.25, 0.3) is 0 Å². The van der Waals surface area contributed by atoms with Crippen molar-refractivity contribution < 1.29 is 4.42 Å². The maximum atomic E-state index is 5.85. The average Bonchev–Trinajstić information content (AvgIpc) is 2.75. The van der Waals surface area contributed by atoms with Crippen LogP contribution in [0.5, 0.6) is 0 Å². The fraction of sp³-hybridized carbons (Fsp3) is 0.278. The first-order valence-electron chi connectivity index (χ1n) is 7.11. The number of nitrogens with zero attached hydrogens (tertiary/aromatic N) is 1. The van der Waals surface area contributed by atoms with Crippen LogP contribution in [0.4, 0.5) is 0 Å². The summed E-state index contributed by atoms with van der Waals surface area (Å²) in [5.41, 5.74) is 4.16. The minimum Gasteiger partial charge on any atom is -0.436 e. The lowest BCUT2D eigenvalue weighted by molar-refractivity contribution is 0.585. The van der Waals surface area contributed by atoms with Crippen LogP contribution in [0.2, 0.25) is 0 Å². The summed E-state index contributed by atoms with van der Waals surface area (Å²) in [6.07, 6.45) is 8.79. The molecular formula is C18H19NO. The molecule has 2 aromatic rings. The Balaban J connectivity index is 2.00. The first kappa shape index (κ1) is 12.9. The van der Waals surface area contributed by atoms with Gasteiger partial charge in [0, 0.05) is 5.57 Å². The number of allylic oxidation sites excluding steroid dienone is 6.